The molecular weight excluding hydrogens is 434 g/mol. The summed E-state index contributed by atoms with van der Waals surface area (Å²) in [7, 11) is 0.210. The first kappa shape index (κ1) is 25.0. The molecule has 0 aromatic rings. The minimum Gasteiger partial charge on any atom is -0.0932 e. The molecule has 0 saturated heterocycles. The van der Waals surface area contributed by atoms with E-state index in [0.29, 0.717) is 0 Å². The van der Waals surface area contributed by atoms with E-state index in [1.165, 1.54) is 77.0 Å². The zero-order valence-electron chi connectivity index (χ0n) is 21.7. The van der Waals surface area contributed by atoms with Crippen LogP contribution in [0.15, 0.2) is 17.7 Å². The van der Waals surface area contributed by atoms with Gasteiger partial charge in [0.2, 0.25) is 0 Å². The van der Waals surface area contributed by atoms with Crippen molar-refractivity contribution in [3.8, 4) is 0 Å². The number of allylic oxidation sites excluding steroid dienone is 4. The fourth-order valence-electron chi connectivity index (χ4n) is 8.41. The Labute approximate surface area is 208 Å². The summed E-state index contributed by atoms with van der Waals surface area (Å²) in [6.45, 7) is 2.71. The average Bonchev–Trinajstić information content (AvgIpc) is 3.36. The summed E-state index contributed by atoms with van der Waals surface area (Å²) < 4.78 is 0. The van der Waals surface area contributed by atoms with E-state index in [1.54, 1.807) is 51.4 Å². The highest BCUT2D eigenvalue weighted by molar-refractivity contribution is 7.61. The van der Waals surface area contributed by atoms with Crippen LogP contribution in [0.2, 0.25) is 0 Å². The Hall–Kier alpha value is 0.340. The topological polar surface area (TPSA) is 0 Å². The first-order chi connectivity index (χ1) is 16.3. The van der Waals surface area contributed by atoms with E-state index in [1.807, 2.05) is 5.57 Å². The Bertz CT molecular complexity index is 606. The van der Waals surface area contributed by atoms with Gasteiger partial charge in [-0.1, -0.05) is 112 Å². The maximum Gasteiger partial charge on any atom is 0.0203 e. The minimum atomic E-state index is 0.0945. The van der Waals surface area contributed by atoms with Crippen LogP contribution in [-0.2, 0) is 0 Å². The monoisotopic (exact) mass is 485 g/mol. The summed E-state index contributed by atoms with van der Waals surface area (Å²) in [5.41, 5.74) is 7.73. The van der Waals surface area contributed by atoms with Gasteiger partial charge in [-0.25, -0.2) is 0 Å². The zero-order chi connectivity index (χ0) is 22.5. The van der Waals surface area contributed by atoms with Crippen molar-refractivity contribution in [1.82, 2.24) is 0 Å². The first-order valence-corrected chi connectivity index (χ1v) is 18.3. The predicted molar refractivity (Wildman–Crippen MR) is 150 cm³/mol. The molecule has 33 heavy (non-hydrogen) atoms. The van der Waals surface area contributed by atoms with Crippen LogP contribution in [0.5, 0.6) is 0 Å². The molecule has 0 nitrogen and oxygen atoms in total. The standard InChI is InChI=1S/C31H51P2/c1-25(32(26-15-6-2-7-16-26)27-17-8-3-9-18-27)30-23-14-24-31(30)33(28-19-10-4-11-20-28)29-21-12-5-13-22-29/h14,24-29,31H,2-13,15-22H2,1H3/t25-,31?/m0/s1. The van der Waals surface area contributed by atoms with Crippen LogP contribution in [0.3, 0.4) is 0 Å². The van der Waals surface area contributed by atoms with Crippen molar-refractivity contribution in [3.63, 3.8) is 0 Å². The SMILES string of the molecule is C[C@@H](C1=[C]C=CC1P(C1CCCCC1)C1CCCCC1)P(C1CCCCC1)C1CCCCC1. The van der Waals surface area contributed by atoms with E-state index >= 15 is 0 Å². The van der Waals surface area contributed by atoms with Crippen LogP contribution in [0.1, 0.15) is 135 Å². The molecule has 5 aliphatic carbocycles. The van der Waals surface area contributed by atoms with E-state index in [4.69, 9.17) is 0 Å². The van der Waals surface area contributed by atoms with Crippen molar-refractivity contribution >= 4 is 15.8 Å². The highest BCUT2D eigenvalue weighted by atomic mass is 31.1. The summed E-state index contributed by atoms with van der Waals surface area (Å²) in [5.74, 6) is 0. The Morgan fingerprint density at radius 2 is 1.00 bits per heavy atom. The van der Waals surface area contributed by atoms with Crippen molar-refractivity contribution in [1.29, 1.82) is 0 Å². The molecule has 4 saturated carbocycles. The lowest BCUT2D eigenvalue weighted by Gasteiger charge is -2.46. The van der Waals surface area contributed by atoms with E-state index < -0.39 is 0 Å². The van der Waals surface area contributed by atoms with Crippen molar-refractivity contribution in [3.05, 3.63) is 23.8 Å². The third-order valence-electron chi connectivity index (χ3n) is 10.1. The van der Waals surface area contributed by atoms with Crippen molar-refractivity contribution in [2.45, 2.75) is 169 Å². The Morgan fingerprint density at radius 1 is 0.606 bits per heavy atom. The second-order valence-corrected chi connectivity index (χ2v) is 18.2. The van der Waals surface area contributed by atoms with E-state index in [2.05, 4.69) is 25.2 Å². The van der Waals surface area contributed by atoms with Crippen LogP contribution < -0.4 is 0 Å². The maximum absolute atomic E-state index is 3.99. The van der Waals surface area contributed by atoms with Crippen LogP contribution in [-0.4, -0.2) is 34.0 Å². The van der Waals surface area contributed by atoms with Gasteiger partial charge in [0, 0.05) is 5.66 Å². The third-order valence-corrected chi connectivity index (χ3v) is 17.8. The molecule has 0 amide bonds. The fraction of sp³-hybridized carbons (Fsp3) is 0.871. The molecule has 5 rings (SSSR count). The average molecular weight is 486 g/mol. The molecule has 1 radical (unpaired) electrons. The summed E-state index contributed by atoms with van der Waals surface area (Å²) in [5, 5.41) is 0. The van der Waals surface area contributed by atoms with E-state index in [-0.39, 0.29) is 15.8 Å². The number of hydrogen-bond donors (Lipinski definition) is 0. The molecule has 2 heteroatoms. The van der Waals surface area contributed by atoms with Crippen LogP contribution >= 0.6 is 15.8 Å². The smallest absolute Gasteiger partial charge is 0.0203 e. The molecule has 0 bridgehead atoms. The molecule has 0 aromatic heterocycles. The molecule has 0 spiro atoms. The van der Waals surface area contributed by atoms with Gasteiger partial charge in [0.25, 0.3) is 0 Å². The summed E-state index contributed by atoms with van der Waals surface area (Å²) in [4.78, 5) is 0. The lowest BCUT2D eigenvalue weighted by molar-refractivity contribution is 0.481. The molecule has 1 unspecified atom stereocenters. The van der Waals surface area contributed by atoms with Gasteiger partial charge in [-0.15, -0.1) is 0 Å². The minimum absolute atomic E-state index is 0.0945. The Morgan fingerprint density at radius 3 is 1.42 bits per heavy atom. The van der Waals surface area contributed by atoms with Gasteiger partial charge in [0.1, 0.15) is 0 Å². The lowest BCUT2D eigenvalue weighted by Crippen LogP contribution is -2.31. The molecule has 0 aromatic carbocycles. The van der Waals surface area contributed by atoms with Gasteiger partial charge in [-0.05, 0) is 91.3 Å². The van der Waals surface area contributed by atoms with Crippen molar-refractivity contribution in [2.24, 2.45) is 0 Å². The Balaban J connectivity index is 1.39. The van der Waals surface area contributed by atoms with Gasteiger partial charge >= 0.3 is 0 Å². The summed E-state index contributed by atoms with van der Waals surface area (Å²) in [6.07, 6.45) is 39.7. The fourth-order valence-corrected chi connectivity index (χ4v) is 17.2. The van der Waals surface area contributed by atoms with Gasteiger partial charge in [0.05, 0.1) is 0 Å². The molecular formula is C31H51P2. The summed E-state index contributed by atoms with van der Waals surface area (Å²) >= 11 is 0. The lowest BCUT2D eigenvalue weighted by atomic mass is 9.99. The molecule has 0 N–H and O–H groups in total. The molecule has 185 valence electrons. The highest BCUT2D eigenvalue weighted by Gasteiger charge is 2.42. The van der Waals surface area contributed by atoms with Gasteiger partial charge in [0.15, 0.2) is 0 Å². The number of hydrogen-bond acceptors (Lipinski definition) is 0. The second kappa shape index (κ2) is 12.5. The quantitative estimate of drug-likeness (QED) is 0.315. The van der Waals surface area contributed by atoms with E-state index in [9.17, 15) is 0 Å². The maximum atomic E-state index is 3.99. The van der Waals surface area contributed by atoms with Crippen LogP contribution in [0, 0.1) is 6.08 Å². The normalized spacial score (nSPS) is 30.3. The first-order valence-electron chi connectivity index (χ1n) is 15.2. The molecule has 5 aliphatic rings. The second-order valence-electron chi connectivity index (χ2n) is 12.1. The van der Waals surface area contributed by atoms with Crippen molar-refractivity contribution in [2.75, 3.05) is 0 Å². The molecule has 0 heterocycles. The highest BCUT2D eigenvalue weighted by Crippen LogP contribution is 2.66. The van der Waals surface area contributed by atoms with Crippen LogP contribution in [0.4, 0.5) is 0 Å². The Kier molecular flexibility index (Phi) is 9.50. The molecule has 2 atom stereocenters. The molecule has 4 fully saturated rings. The van der Waals surface area contributed by atoms with Crippen LogP contribution in [0.25, 0.3) is 0 Å². The van der Waals surface area contributed by atoms with Crippen molar-refractivity contribution < 1.29 is 0 Å². The largest absolute Gasteiger partial charge is 0.0932 e. The third kappa shape index (κ3) is 6.02. The van der Waals surface area contributed by atoms with Gasteiger partial charge in [-0.3, -0.25) is 0 Å². The summed E-state index contributed by atoms with van der Waals surface area (Å²) in [6, 6.07) is 0. The zero-order valence-corrected chi connectivity index (χ0v) is 23.4. The molecule has 0 aliphatic heterocycles. The van der Waals surface area contributed by atoms with Gasteiger partial charge in [-0.2, -0.15) is 0 Å². The van der Waals surface area contributed by atoms with E-state index in [0.717, 1.165) is 34.0 Å². The predicted octanol–water partition coefficient (Wildman–Crippen LogP) is 10.3. The number of rotatable bonds is 7. The van der Waals surface area contributed by atoms with Gasteiger partial charge < -0.3 is 0 Å².